The number of benzene rings is 1. The maximum absolute atomic E-state index is 12.5. The third-order valence-electron chi connectivity index (χ3n) is 3.71. The van der Waals surface area contributed by atoms with Crippen LogP contribution in [0.5, 0.6) is 0 Å². The second kappa shape index (κ2) is 5.58. The zero-order valence-electron chi connectivity index (χ0n) is 11.4. The molecule has 0 unspecified atom stereocenters. The SMILES string of the molecule is CN1CCCN(C(=O)c2cc3cccc(Br)c3o2)CC1. The summed E-state index contributed by atoms with van der Waals surface area (Å²) in [5, 5.41) is 0.953. The van der Waals surface area contributed by atoms with Crippen LogP contribution in [0.1, 0.15) is 17.0 Å². The summed E-state index contributed by atoms with van der Waals surface area (Å²) >= 11 is 3.45. The molecule has 0 atom stereocenters. The molecular formula is C15H17BrN2O2. The van der Waals surface area contributed by atoms with Crippen molar-refractivity contribution in [2.45, 2.75) is 6.42 Å². The summed E-state index contributed by atoms with van der Waals surface area (Å²) in [7, 11) is 2.09. The van der Waals surface area contributed by atoms with Gasteiger partial charge in [0.05, 0.1) is 4.47 Å². The van der Waals surface area contributed by atoms with E-state index in [1.54, 1.807) is 0 Å². The number of hydrogen-bond acceptors (Lipinski definition) is 3. The van der Waals surface area contributed by atoms with Crippen LogP contribution in [-0.4, -0.2) is 48.9 Å². The van der Waals surface area contributed by atoms with E-state index in [1.165, 1.54) is 0 Å². The fourth-order valence-electron chi connectivity index (χ4n) is 2.54. The molecule has 0 bridgehead atoms. The van der Waals surface area contributed by atoms with E-state index in [0.29, 0.717) is 5.76 Å². The Labute approximate surface area is 126 Å². The van der Waals surface area contributed by atoms with Crippen molar-refractivity contribution in [3.63, 3.8) is 0 Å². The van der Waals surface area contributed by atoms with Crippen molar-refractivity contribution in [2.24, 2.45) is 0 Å². The van der Waals surface area contributed by atoms with Gasteiger partial charge in [-0.1, -0.05) is 12.1 Å². The van der Waals surface area contributed by atoms with Crippen LogP contribution in [0.2, 0.25) is 0 Å². The third kappa shape index (κ3) is 2.60. The van der Waals surface area contributed by atoms with Crippen molar-refractivity contribution < 1.29 is 9.21 Å². The predicted octanol–water partition coefficient (Wildman–Crippen LogP) is 2.97. The number of amides is 1. The molecular weight excluding hydrogens is 320 g/mol. The van der Waals surface area contributed by atoms with Crippen molar-refractivity contribution in [3.05, 3.63) is 34.5 Å². The van der Waals surface area contributed by atoms with Crippen LogP contribution in [0.15, 0.2) is 33.2 Å². The van der Waals surface area contributed by atoms with Crippen molar-refractivity contribution in [3.8, 4) is 0 Å². The van der Waals surface area contributed by atoms with Crippen molar-refractivity contribution >= 4 is 32.8 Å². The molecule has 1 aliphatic rings. The molecule has 0 N–H and O–H groups in total. The number of hydrogen-bond donors (Lipinski definition) is 0. The summed E-state index contributed by atoms with van der Waals surface area (Å²) in [6, 6.07) is 7.64. The quantitative estimate of drug-likeness (QED) is 0.803. The summed E-state index contributed by atoms with van der Waals surface area (Å²) < 4.78 is 6.61. The Kier molecular flexibility index (Phi) is 3.81. The molecule has 106 valence electrons. The lowest BCUT2D eigenvalue weighted by atomic mass is 10.2. The van der Waals surface area contributed by atoms with E-state index in [1.807, 2.05) is 29.2 Å². The van der Waals surface area contributed by atoms with Gasteiger partial charge in [-0.05, 0) is 48.1 Å². The molecule has 2 aromatic rings. The minimum Gasteiger partial charge on any atom is -0.450 e. The minimum atomic E-state index is -0.0107. The van der Waals surface area contributed by atoms with E-state index in [4.69, 9.17) is 4.42 Å². The Bertz CT molecular complexity index is 638. The highest BCUT2D eigenvalue weighted by Gasteiger charge is 2.22. The lowest BCUT2D eigenvalue weighted by Crippen LogP contribution is -2.34. The van der Waals surface area contributed by atoms with Gasteiger partial charge in [0, 0.05) is 25.0 Å². The number of likely N-dealkylation sites (N-methyl/N-ethyl adjacent to an activating group) is 1. The van der Waals surface area contributed by atoms with Gasteiger partial charge in [0.25, 0.3) is 5.91 Å². The maximum Gasteiger partial charge on any atom is 0.289 e. The van der Waals surface area contributed by atoms with Crippen molar-refractivity contribution in [1.82, 2.24) is 9.80 Å². The number of rotatable bonds is 1. The van der Waals surface area contributed by atoms with Gasteiger partial charge in [-0.3, -0.25) is 4.79 Å². The number of para-hydroxylation sites is 1. The average Bonchev–Trinajstić information content (AvgIpc) is 2.76. The molecule has 1 aromatic heterocycles. The second-order valence-corrected chi connectivity index (χ2v) is 6.07. The number of carbonyl (C=O) groups is 1. The van der Waals surface area contributed by atoms with Crippen molar-refractivity contribution in [2.75, 3.05) is 33.2 Å². The lowest BCUT2D eigenvalue weighted by Gasteiger charge is -2.19. The number of carbonyl (C=O) groups excluding carboxylic acids is 1. The molecule has 0 saturated carbocycles. The number of fused-ring (bicyclic) bond motifs is 1. The van der Waals surface area contributed by atoms with Crippen LogP contribution in [-0.2, 0) is 0 Å². The summed E-state index contributed by atoms with van der Waals surface area (Å²) in [5.41, 5.74) is 0.739. The van der Waals surface area contributed by atoms with E-state index in [0.717, 1.165) is 48.0 Å². The molecule has 0 radical (unpaired) electrons. The third-order valence-corrected chi connectivity index (χ3v) is 4.34. The zero-order chi connectivity index (χ0) is 14.1. The minimum absolute atomic E-state index is 0.0107. The van der Waals surface area contributed by atoms with E-state index < -0.39 is 0 Å². The normalized spacial score (nSPS) is 17.4. The molecule has 1 aromatic carbocycles. The zero-order valence-corrected chi connectivity index (χ0v) is 13.0. The first-order valence-corrected chi connectivity index (χ1v) is 7.60. The first kappa shape index (κ1) is 13.6. The second-order valence-electron chi connectivity index (χ2n) is 5.22. The molecule has 3 rings (SSSR count). The molecule has 4 nitrogen and oxygen atoms in total. The van der Waals surface area contributed by atoms with Gasteiger partial charge in [-0.2, -0.15) is 0 Å². The average molecular weight is 337 g/mol. The Morgan fingerprint density at radius 1 is 1.25 bits per heavy atom. The van der Waals surface area contributed by atoms with Gasteiger partial charge < -0.3 is 14.2 Å². The fourth-order valence-corrected chi connectivity index (χ4v) is 3.00. The number of furan rings is 1. The summed E-state index contributed by atoms with van der Waals surface area (Å²) in [6.07, 6.45) is 1.01. The lowest BCUT2D eigenvalue weighted by molar-refractivity contribution is 0.0733. The molecule has 0 aliphatic carbocycles. The molecule has 5 heteroatoms. The molecule has 1 fully saturated rings. The Morgan fingerprint density at radius 2 is 2.10 bits per heavy atom. The standard InChI is InChI=1S/C15H17BrN2O2/c1-17-6-3-7-18(9-8-17)15(19)13-10-11-4-2-5-12(16)14(11)20-13/h2,4-5,10H,3,6-9H2,1H3. The molecule has 20 heavy (non-hydrogen) atoms. The molecule has 2 heterocycles. The highest BCUT2D eigenvalue weighted by atomic mass is 79.9. The summed E-state index contributed by atoms with van der Waals surface area (Å²) in [6.45, 7) is 3.50. The number of nitrogens with zero attached hydrogens (tertiary/aromatic N) is 2. The Morgan fingerprint density at radius 3 is 2.90 bits per heavy atom. The fraction of sp³-hybridized carbons (Fsp3) is 0.400. The van der Waals surface area contributed by atoms with Crippen LogP contribution in [0.4, 0.5) is 0 Å². The van der Waals surface area contributed by atoms with E-state index >= 15 is 0 Å². The van der Waals surface area contributed by atoms with Gasteiger partial charge in [0.2, 0.25) is 0 Å². The van der Waals surface area contributed by atoms with Gasteiger partial charge in [-0.25, -0.2) is 0 Å². The smallest absolute Gasteiger partial charge is 0.289 e. The largest absolute Gasteiger partial charge is 0.450 e. The van der Waals surface area contributed by atoms with E-state index in [9.17, 15) is 4.79 Å². The molecule has 1 saturated heterocycles. The van der Waals surface area contributed by atoms with Crippen LogP contribution < -0.4 is 0 Å². The topological polar surface area (TPSA) is 36.7 Å². The van der Waals surface area contributed by atoms with Gasteiger partial charge in [-0.15, -0.1) is 0 Å². The van der Waals surface area contributed by atoms with Crippen molar-refractivity contribution in [1.29, 1.82) is 0 Å². The monoisotopic (exact) mass is 336 g/mol. The number of halogens is 1. The van der Waals surface area contributed by atoms with Gasteiger partial charge in [0.1, 0.15) is 5.58 Å². The maximum atomic E-state index is 12.5. The highest BCUT2D eigenvalue weighted by Crippen LogP contribution is 2.27. The predicted molar refractivity (Wildman–Crippen MR) is 81.9 cm³/mol. The van der Waals surface area contributed by atoms with Crippen LogP contribution in [0, 0.1) is 0 Å². The Balaban J connectivity index is 1.86. The summed E-state index contributed by atoms with van der Waals surface area (Å²) in [4.78, 5) is 16.7. The summed E-state index contributed by atoms with van der Waals surface area (Å²) in [5.74, 6) is 0.417. The molecule has 1 amide bonds. The first-order valence-electron chi connectivity index (χ1n) is 6.81. The van der Waals surface area contributed by atoms with Gasteiger partial charge >= 0.3 is 0 Å². The Hall–Kier alpha value is -1.33. The highest BCUT2D eigenvalue weighted by molar-refractivity contribution is 9.10. The molecule has 1 aliphatic heterocycles. The van der Waals surface area contributed by atoms with E-state index in [-0.39, 0.29) is 5.91 Å². The van der Waals surface area contributed by atoms with E-state index in [2.05, 4.69) is 27.9 Å². The van der Waals surface area contributed by atoms with Crippen LogP contribution in [0.3, 0.4) is 0 Å². The van der Waals surface area contributed by atoms with Gasteiger partial charge in [0.15, 0.2) is 5.76 Å². The van der Waals surface area contributed by atoms with Crippen LogP contribution >= 0.6 is 15.9 Å². The first-order chi connectivity index (χ1) is 9.65. The van der Waals surface area contributed by atoms with Crippen LogP contribution in [0.25, 0.3) is 11.0 Å². The molecule has 0 spiro atoms.